The summed E-state index contributed by atoms with van der Waals surface area (Å²) in [4.78, 5) is 13.3. The van der Waals surface area contributed by atoms with Crippen LogP contribution in [0.25, 0.3) is 5.57 Å². The van der Waals surface area contributed by atoms with E-state index in [1.807, 2.05) is 31.2 Å². The Hall–Kier alpha value is -3.11. The molecule has 0 amide bonds. The van der Waals surface area contributed by atoms with E-state index in [2.05, 4.69) is 129 Å². The van der Waals surface area contributed by atoms with Gasteiger partial charge in [0.1, 0.15) is 11.9 Å². The van der Waals surface area contributed by atoms with E-state index in [1.165, 1.54) is 15.9 Å². The van der Waals surface area contributed by atoms with Gasteiger partial charge in [0.15, 0.2) is 8.32 Å². The highest BCUT2D eigenvalue weighted by Gasteiger charge is 2.52. The van der Waals surface area contributed by atoms with Crippen molar-refractivity contribution < 1.29 is 22.8 Å². The average Bonchev–Trinajstić information content (AvgIpc) is 3.03. The molecule has 3 aromatic rings. The molecule has 1 aliphatic carbocycles. The van der Waals surface area contributed by atoms with Crippen LogP contribution in [0.4, 0.5) is 4.39 Å². The second-order valence-corrected chi connectivity index (χ2v) is 26.9. The van der Waals surface area contributed by atoms with Crippen molar-refractivity contribution in [2.45, 2.75) is 129 Å². The second kappa shape index (κ2) is 14.7. The van der Waals surface area contributed by atoms with Crippen molar-refractivity contribution in [1.29, 1.82) is 0 Å². The number of cyclic esters (lactones) is 1. The van der Waals surface area contributed by atoms with Crippen molar-refractivity contribution >= 4 is 38.6 Å². The average molecular weight is 727 g/mol. The molecular formula is C44H59FO4Si2. The SMILES string of the molecule is Cc1cc(C2=C(/C=C/[C@@H]3C[C@@H](O[Si](c4ccccc4)(c4ccccc4)C(C)(C)C)CC(=O)O3)C(C)(C)C[C@@H](O[Si](C)(C)C(C)(C)C)C2)ccc1F. The number of halogens is 1. The molecular weight excluding hydrogens is 668 g/mol. The van der Waals surface area contributed by atoms with Crippen LogP contribution in [-0.2, 0) is 18.4 Å². The zero-order valence-corrected chi connectivity index (χ0v) is 34.7. The van der Waals surface area contributed by atoms with Crippen LogP contribution >= 0.6 is 0 Å². The van der Waals surface area contributed by atoms with Crippen LogP contribution in [0.15, 0.2) is 96.6 Å². The van der Waals surface area contributed by atoms with Crippen molar-refractivity contribution in [3.63, 3.8) is 0 Å². The second-order valence-electron chi connectivity index (χ2n) is 17.9. The molecule has 1 fully saturated rings. The molecule has 1 heterocycles. The molecule has 3 aromatic carbocycles. The fourth-order valence-electron chi connectivity index (χ4n) is 7.75. The van der Waals surface area contributed by atoms with E-state index >= 15 is 0 Å². The monoisotopic (exact) mass is 726 g/mol. The van der Waals surface area contributed by atoms with E-state index in [0.717, 1.165) is 24.0 Å². The third-order valence-corrected chi connectivity index (χ3v) is 21.0. The molecule has 0 saturated carbocycles. The Balaban J connectivity index is 1.51. The molecule has 2 aliphatic rings. The largest absolute Gasteiger partial charge is 0.458 e. The van der Waals surface area contributed by atoms with Crippen molar-refractivity contribution in [2.24, 2.45) is 5.41 Å². The van der Waals surface area contributed by atoms with Gasteiger partial charge in [0.25, 0.3) is 8.32 Å². The van der Waals surface area contributed by atoms with E-state index in [1.54, 1.807) is 6.07 Å². The van der Waals surface area contributed by atoms with Crippen LogP contribution in [0.3, 0.4) is 0 Å². The van der Waals surface area contributed by atoms with Gasteiger partial charge >= 0.3 is 5.97 Å². The zero-order valence-electron chi connectivity index (χ0n) is 32.7. The maximum absolute atomic E-state index is 14.5. The summed E-state index contributed by atoms with van der Waals surface area (Å²) in [5, 5.41) is 2.27. The minimum atomic E-state index is -2.86. The third kappa shape index (κ3) is 8.43. The van der Waals surface area contributed by atoms with Crippen LogP contribution in [0.1, 0.15) is 92.2 Å². The normalized spacial score (nSPS) is 22.0. The molecule has 4 nitrogen and oxygen atoms in total. The highest BCUT2D eigenvalue weighted by Crippen LogP contribution is 2.48. The zero-order chi connectivity index (χ0) is 37.4. The number of benzene rings is 3. The Morgan fingerprint density at radius 2 is 1.41 bits per heavy atom. The van der Waals surface area contributed by atoms with Gasteiger partial charge in [0.2, 0.25) is 0 Å². The van der Waals surface area contributed by atoms with E-state index in [4.69, 9.17) is 13.6 Å². The number of aryl methyl sites for hydroxylation is 1. The Morgan fingerprint density at radius 3 is 1.94 bits per heavy atom. The molecule has 0 bridgehead atoms. The Labute approximate surface area is 308 Å². The summed E-state index contributed by atoms with van der Waals surface area (Å²) in [7, 11) is -4.90. The number of ether oxygens (including phenoxy) is 1. The molecule has 0 spiro atoms. The number of carbonyl (C=O) groups excluding carboxylic acids is 1. The summed E-state index contributed by atoms with van der Waals surface area (Å²) >= 11 is 0. The van der Waals surface area contributed by atoms with Crippen molar-refractivity contribution in [3.8, 4) is 0 Å². The van der Waals surface area contributed by atoms with E-state index < -0.39 is 22.7 Å². The molecule has 0 unspecified atom stereocenters. The number of allylic oxidation sites excluding steroid dienone is 2. The van der Waals surface area contributed by atoms with Crippen molar-refractivity contribution in [3.05, 3.63) is 114 Å². The highest BCUT2D eigenvalue weighted by atomic mass is 28.4. The molecule has 7 heteroatoms. The maximum Gasteiger partial charge on any atom is 0.308 e. The number of esters is 1. The van der Waals surface area contributed by atoms with E-state index in [9.17, 15) is 9.18 Å². The molecule has 0 radical (unpaired) electrons. The van der Waals surface area contributed by atoms with Gasteiger partial charge < -0.3 is 13.6 Å². The van der Waals surface area contributed by atoms with Gasteiger partial charge in [0, 0.05) is 12.5 Å². The lowest BCUT2D eigenvalue weighted by atomic mass is 9.69. The first-order valence-corrected chi connectivity index (χ1v) is 23.4. The van der Waals surface area contributed by atoms with Gasteiger partial charge in [-0.2, -0.15) is 0 Å². The Kier molecular flexibility index (Phi) is 11.3. The van der Waals surface area contributed by atoms with Crippen molar-refractivity contribution in [1.82, 2.24) is 0 Å². The first-order chi connectivity index (χ1) is 23.7. The smallest absolute Gasteiger partial charge is 0.308 e. The van der Waals surface area contributed by atoms with Gasteiger partial charge in [-0.1, -0.05) is 128 Å². The fourth-order valence-corrected chi connectivity index (χ4v) is 13.8. The van der Waals surface area contributed by atoms with Gasteiger partial charge in [-0.15, -0.1) is 0 Å². The highest BCUT2D eigenvalue weighted by molar-refractivity contribution is 6.99. The quantitative estimate of drug-likeness (QED) is 0.163. The fraction of sp³-hybridized carbons (Fsp3) is 0.477. The van der Waals surface area contributed by atoms with Crippen LogP contribution < -0.4 is 10.4 Å². The lowest BCUT2D eigenvalue weighted by molar-refractivity contribution is -0.155. The molecule has 0 aromatic heterocycles. The van der Waals surface area contributed by atoms with Gasteiger partial charge in [-0.3, -0.25) is 4.79 Å². The topological polar surface area (TPSA) is 44.8 Å². The molecule has 0 N–H and O–H groups in total. The Bertz CT molecular complexity index is 1710. The molecule has 1 saturated heterocycles. The van der Waals surface area contributed by atoms with Crippen LogP contribution in [0.5, 0.6) is 0 Å². The number of hydrogen-bond acceptors (Lipinski definition) is 4. The van der Waals surface area contributed by atoms with Crippen molar-refractivity contribution in [2.75, 3.05) is 0 Å². The predicted molar refractivity (Wildman–Crippen MR) is 214 cm³/mol. The number of carbonyl (C=O) groups is 1. The molecule has 274 valence electrons. The van der Waals surface area contributed by atoms with Crippen LogP contribution in [0.2, 0.25) is 23.2 Å². The third-order valence-electron chi connectivity index (χ3n) is 11.4. The summed E-state index contributed by atoms with van der Waals surface area (Å²) in [6.07, 6.45) is 5.93. The lowest BCUT2D eigenvalue weighted by Gasteiger charge is -2.46. The van der Waals surface area contributed by atoms with Gasteiger partial charge in [-0.25, -0.2) is 4.39 Å². The minimum absolute atomic E-state index is 0.0511. The van der Waals surface area contributed by atoms with E-state index in [0.29, 0.717) is 12.0 Å². The predicted octanol–water partition coefficient (Wildman–Crippen LogP) is 10.3. The molecule has 1 aliphatic heterocycles. The van der Waals surface area contributed by atoms with Crippen LogP contribution in [-0.4, -0.2) is 40.9 Å². The standard InChI is InChI=1S/C44H59FO4Si2/c1-31-26-32(22-25-40(31)45)38-28-35(48-50(10,11)42(2,3)4)30-44(8,9)39(38)24-23-33-27-34(29-41(46)47-33)49-51(43(5,6)7,36-18-14-12-15-19-36)37-20-16-13-17-21-37/h12-26,33-35H,27-30H2,1-11H3/b24-23+/t33-,34-,35+/m1/s1. The summed E-state index contributed by atoms with van der Waals surface area (Å²) < 4.78 is 34.9. The number of hydrogen-bond donors (Lipinski definition) is 0. The summed E-state index contributed by atoms with van der Waals surface area (Å²) in [5.41, 5.74) is 3.74. The lowest BCUT2D eigenvalue weighted by Crippen LogP contribution is -2.68. The number of rotatable bonds is 9. The molecule has 51 heavy (non-hydrogen) atoms. The first-order valence-electron chi connectivity index (χ1n) is 18.6. The van der Waals surface area contributed by atoms with E-state index in [-0.39, 0.29) is 45.9 Å². The summed E-state index contributed by atoms with van der Waals surface area (Å²) in [6.45, 7) is 24.6. The first kappa shape index (κ1) is 39.1. The minimum Gasteiger partial charge on any atom is -0.458 e. The van der Waals surface area contributed by atoms with Crippen LogP contribution in [0, 0.1) is 18.2 Å². The molecule has 3 atom stereocenters. The Morgan fingerprint density at radius 1 is 0.824 bits per heavy atom. The molecule has 5 rings (SSSR count). The summed E-state index contributed by atoms with van der Waals surface area (Å²) in [6, 6.07) is 26.6. The maximum atomic E-state index is 14.5. The van der Waals surface area contributed by atoms with Gasteiger partial charge in [-0.05, 0) is 99.2 Å². The summed E-state index contributed by atoms with van der Waals surface area (Å²) in [5.74, 6) is -0.449. The van der Waals surface area contributed by atoms with Gasteiger partial charge in [0.05, 0.1) is 12.5 Å².